The van der Waals surface area contributed by atoms with Gasteiger partial charge in [0.25, 0.3) is 0 Å². The lowest BCUT2D eigenvalue weighted by molar-refractivity contribution is 1.000. The molecule has 0 spiro atoms. The van der Waals surface area contributed by atoms with Crippen molar-refractivity contribution in [2.75, 3.05) is 0 Å². The SMILES string of the molecule is Cc1nc2ccccc2n1-c1cccc(I)c1. The summed E-state index contributed by atoms with van der Waals surface area (Å²) < 4.78 is 3.43. The average molecular weight is 334 g/mol. The lowest BCUT2D eigenvalue weighted by atomic mass is 10.3. The number of para-hydroxylation sites is 2. The summed E-state index contributed by atoms with van der Waals surface area (Å²) in [5.41, 5.74) is 3.37. The number of hydrogen-bond donors (Lipinski definition) is 0. The van der Waals surface area contributed by atoms with Crippen LogP contribution >= 0.6 is 22.6 Å². The van der Waals surface area contributed by atoms with E-state index in [-0.39, 0.29) is 0 Å². The summed E-state index contributed by atoms with van der Waals surface area (Å²) >= 11 is 2.33. The zero-order chi connectivity index (χ0) is 11.8. The summed E-state index contributed by atoms with van der Waals surface area (Å²) in [7, 11) is 0. The molecular weight excluding hydrogens is 323 g/mol. The van der Waals surface area contributed by atoms with Gasteiger partial charge in [-0.3, -0.25) is 4.57 Å². The quantitative estimate of drug-likeness (QED) is 0.617. The van der Waals surface area contributed by atoms with Crippen LogP contribution in [-0.4, -0.2) is 9.55 Å². The van der Waals surface area contributed by atoms with E-state index in [1.807, 2.05) is 25.1 Å². The van der Waals surface area contributed by atoms with Crippen LogP contribution in [-0.2, 0) is 0 Å². The van der Waals surface area contributed by atoms with E-state index in [4.69, 9.17) is 0 Å². The molecule has 1 aromatic heterocycles. The Kier molecular flexibility index (Phi) is 2.63. The van der Waals surface area contributed by atoms with E-state index in [9.17, 15) is 0 Å². The van der Waals surface area contributed by atoms with Crippen LogP contribution in [0, 0.1) is 10.5 Å². The number of aryl methyl sites for hydroxylation is 1. The van der Waals surface area contributed by atoms with Crippen LogP contribution in [0.25, 0.3) is 16.7 Å². The Hall–Kier alpha value is -1.36. The first-order chi connectivity index (χ1) is 8.25. The summed E-state index contributed by atoms with van der Waals surface area (Å²) in [5.74, 6) is 1.02. The number of imidazole rings is 1. The standard InChI is InChI=1S/C14H11IN2/c1-10-16-13-7-2-3-8-14(13)17(10)12-6-4-5-11(15)9-12/h2-9H,1H3. The highest BCUT2D eigenvalue weighted by molar-refractivity contribution is 14.1. The number of rotatable bonds is 1. The highest BCUT2D eigenvalue weighted by Crippen LogP contribution is 2.21. The zero-order valence-electron chi connectivity index (χ0n) is 9.39. The third kappa shape index (κ3) is 1.84. The Balaban J connectivity index is 2.33. The predicted octanol–water partition coefficient (Wildman–Crippen LogP) is 3.94. The van der Waals surface area contributed by atoms with Crippen molar-refractivity contribution < 1.29 is 0 Å². The zero-order valence-corrected chi connectivity index (χ0v) is 11.5. The number of benzene rings is 2. The van der Waals surface area contributed by atoms with Crippen LogP contribution in [0.2, 0.25) is 0 Å². The van der Waals surface area contributed by atoms with Gasteiger partial charge >= 0.3 is 0 Å². The molecule has 84 valence electrons. The van der Waals surface area contributed by atoms with Gasteiger partial charge in [0, 0.05) is 9.26 Å². The Morgan fingerprint density at radius 1 is 1.06 bits per heavy atom. The number of halogens is 1. The van der Waals surface area contributed by atoms with Crippen molar-refractivity contribution in [3.8, 4) is 5.69 Å². The Labute approximate surface area is 113 Å². The molecule has 0 atom stereocenters. The van der Waals surface area contributed by atoms with Gasteiger partial charge in [0.05, 0.1) is 11.0 Å². The van der Waals surface area contributed by atoms with Crippen molar-refractivity contribution in [1.29, 1.82) is 0 Å². The van der Waals surface area contributed by atoms with E-state index in [1.165, 1.54) is 9.26 Å². The maximum atomic E-state index is 4.58. The molecule has 0 radical (unpaired) electrons. The molecule has 0 amide bonds. The second kappa shape index (κ2) is 4.14. The first kappa shape index (κ1) is 10.8. The number of fused-ring (bicyclic) bond motifs is 1. The summed E-state index contributed by atoms with van der Waals surface area (Å²) in [6.45, 7) is 2.04. The molecule has 3 aromatic rings. The molecule has 0 unspecified atom stereocenters. The molecule has 0 aliphatic heterocycles. The Morgan fingerprint density at radius 2 is 1.88 bits per heavy atom. The number of nitrogens with zero attached hydrogens (tertiary/aromatic N) is 2. The van der Waals surface area contributed by atoms with Crippen LogP contribution in [0.1, 0.15) is 5.82 Å². The molecule has 0 aliphatic carbocycles. The minimum Gasteiger partial charge on any atom is -0.296 e. The topological polar surface area (TPSA) is 17.8 Å². The summed E-state index contributed by atoms with van der Waals surface area (Å²) in [4.78, 5) is 4.58. The second-order valence-electron chi connectivity index (χ2n) is 3.96. The Bertz CT molecular complexity index is 686. The lowest BCUT2D eigenvalue weighted by Gasteiger charge is -2.07. The molecule has 0 fully saturated rings. The van der Waals surface area contributed by atoms with E-state index in [0.717, 1.165) is 16.9 Å². The molecule has 2 nitrogen and oxygen atoms in total. The minimum absolute atomic E-state index is 1.02. The first-order valence-electron chi connectivity index (χ1n) is 5.46. The van der Waals surface area contributed by atoms with Gasteiger partial charge in [0.1, 0.15) is 5.82 Å². The third-order valence-corrected chi connectivity index (χ3v) is 3.47. The summed E-state index contributed by atoms with van der Waals surface area (Å²) in [6.07, 6.45) is 0. The van der Waals surface area contributed by atoms with Crippen molar-refractivity contribution in [1.82, 2.24) is 9.55 Å². The molecule has 0 bridgehead atoms. The van der Waals surface area contributed by atoms with Gasteiger partial charge in [-0.15, -0.1) is 0 Å². The van der Waals surface area contributed by atoms with Gasteiger partial charge in [0.15, 0.2) is 0 Å². The van der Waals surface area contributed by atoms with Gasteiger partial charge in [-0.25, -0.2) is 4.98 Å². The van der Waals surface area contributed by atoms with Gasteiger partial charge in [-0.2, -0.15) is 0 Å². The van der Waals surface area contributed by atoms with Crippen molar-refractivity contribution in [2.45, 2.75) is 6.92 Å². The van der Waals surface area contributed by atoms with Crippen molar-refractivity contribution in [3.05, 3.63) is 57.9 Å². The Morgan fingerprint density at radius 3 is 2.71 bits per heavy atom. The number of aromatic nitrogens is 2. The van der Waals surface area contributed by atoms with E-state index < -0.39 is 0 Å². The largest absolute Gasteiger partial charge is 0.296 e. The van der Waals surface area contributed by atoms with Crippen molar-refractivity contribution in [3.63, 3.8) is 0 Å². The normalized spacial score (nSPS) is 10.9. The number of hydrogen-bond acceptors (Lipinski definition) is 1. The van der Waals surface area contributed by atoms with Crippen LogP contribution in [0.15, 0.2) is 48.5 Å². The minimum atomic E-state index is 1.02. The second-order valence-corrected chi connectivity index (χ2v) is 5.21. The van der Waals surface area contributed by atoms with Crippen LogP contribution in [0.3, 0.4) is 0 Å². The van der Waals surface area contributed by atoms with Gasteiger partial charge in [-0.05, 0) is 59.8 Å². The smallest absolute Gasteiger partial charge is 0.111 e. The highest BCUT2D eigenvalue weighted by atomic mass is 127. The molecular formula is C14H11IN2. The molecule has 1 heterocycles. The fraction of sp³-hybridized carbons (Fsp3) is 0.0714. The van der Waals surface area contributed by atoms with Crippen molar-refractivity contribution >= 4 is 33.6 Å². The highest BCUT2D eigenvalue weighted by Gasteiger charge is 2.08. The molecule has 0 aliphatic rings. The van der Waals surface area contributed by atoms with Crippen LogP contribution < -0.4 is 0 Å². The third-order valence-electron chi connectivity index (χ3n) is 2.79. The lowest BCUT2D eigenvalue weighted by Crippen LogP contribution is -1.96. The predicted molar refractivity (Wildman–Crippen MR) is 78.5 cm³/mol. The van der Waals surface area contributed by atoms with Crippen molar-refractivity contribution in [2.24, 2.45) is 0 Å². The molecule has 17 heavy (non-hydrogen) atoms. The molecule has 0 saturated carbocycles. The average Bonchev–Trinajstić information content (AvgIpc) is 2.64. The van der Waals surface area contributed by atoms with Crippen LogP contribution in [0.5, 0.6) is 0 Å². The monoisotopic (exact) mass is 334 g/mol. The molecule has 0 saturated heterocycles. The van der Waals surface area contributed by atoms with Gasteiger partial charge in [0.2, 0.25) is 0 Å². The molecule has 3 heteroatoms. The fourth-order valence-electron chi connectivity index (χ4n) is 2.09. The van der Waals surface area contributed by atoms with E-state index in [2.05, 4.69) is 62.5 Å². The summed E-state index contributed by atoms with van der Waals surface area (Å²) in [5, 5.41) is 0. The van der Waals surface area contributed by atoms with Gasteiger partial charge < -0.3 is 0 Å². The maximum Gasteiger partial charge on any atom is 0.111 e. The molecule has 3 rings (SSSR count). The van der Waals surface area contributed by atoms with E-state index in [0.29, 0.717) is 0 Å². The van der Waals surface area contributed by atoms with E-state index in [1.54, 1.807) is 0 Å². The fourth-order valence-corrected chi connectivity index (χ4v) is 2.61. The van der Waals surface area contributed by atoms with E-state index >= 15 is 0 Å². The molecule has 2 aromatic carbocycles. The van der Waals surface area contributed by atoms with Gasteiger partial charge in [-0.1, -0.05) is 18.2 Å². The molecule has 0 N–H and O–H groups in total. The summed E-state index contributed by atoms with van der Waals surface area (Å²) in [6, 6.07) is 16.7. The van der Waals surface area contributed by atoms with Crippen LogP contribution in [0.4, 0.5) is 0 Å². The maximum absolute atomic E-state index is 4.58. The first-order valence-corrected chi connectivity index (χ1v) is 6.53.